The smallest absolute Gasteiger partial charge is 0.298 e. The van der Waals surface area contributed by atoms with Crippen LogP contribution in [0.15, 0.2) is 54.6 Å². The van der Waals surface area contributed by atoms with Crippen LogP contribution < -0.4 is 4.90 Å². The van der Waals surface area contributed by atoms with E-state index >= 15 is 0 Å². The SMILES string of the molecule is CC1Cc2ccccc2N1C(=O)C#Cc1ccccc1. The maximum atomic E-state index is 12.3. The van der Waals surface area contributed by atoms with Crippen LogP contribution in [0, 0.1) is 11.8 Å². The zero-order valence-electron chi connectivity index (χ0n) is 11.3. The van der Waals surface area contributed by atoms with Gasteiger partial charge in [-0.15, -0.1) is 0 Å². The summed E-state index contributed by atoms with van der Waals surface area (Å²) in [5.74, 6) is 5.55. The van der Waals surface area contributed by atoms with Crippen molar-refractivity contribution in [2.45, 2.75) is 19.4 Å². The van der Waals surface area contributed by atoms with E-state index in [9.17, 15) is 4.79 Å². The summed E-state index contributed by atoms with van der Waals surface area (Å²) in [5, 5.41) is 0. The molecule has 1 heterocycles. The lowest BCUT2D eigenvalue weighted by Gasteiger charge is -2.19. The second kappa shape index (κ2) is 5.22. The zero-order chi connectivity index (χ0) is 13.9. The molecule has 0 aromatic heterocycles. The van der Waals surface area contributed by atoms with Crippen LogP contribution >= 0.6 is 0 Å². The predicted octanol–water partition coefficient (Wildman–Crippen LogP) is 3.02. The number of hydrogen-bond acceptors (Lipinski definition) is 1. The van der Waals surface area contributed by atoms with Gasteiger partial charge in [0.05, 0.1) is 0 Å². The molecule has 1 amide bonds. The number of rotatable bonds is 0. The van der Waals surface area contributed by atoms with Crippen LogP contribution in [0.4, 0.5) is 5.69 Å². The van der Waals surface area contributed by atoms with Crippen LogP contribution in [-0.4, -0.2) is 11.9 Å². The van der Waals surface area contributed by atoms with Gasteiger partial charge >= 0.3 is 5.91 Å². The third-order valence-electron chi connectivity index (χ3n) is 3.51. The molecule has 1 aliphatic rings. The highest BCUT2D eigenvalue weighted by Crippen LogP contribution is 2.31. The Morgan fingerprint density at radius 1 is 1.10 bits per heavy atom. The number of anilines is 1. The fraction of sp³-hybridized carbons (Fsp3) is 0.167. The minimum Gasteiger partial charge on any atom is -0.298 e. The molecule has 1 aliphatic heterocycles. The minimum atomic E-state index is -0.133. The maximum absolute atomic E-state index is 12.3. The average molecular weight is 261 g/mol. The highest BCUT2D eigenvalue weighted by atomic mass is 16.2. The summed E-state index contributed by atoms with van der Waals surface area (Å²) in [5.41, 5.74) is 3.07. The van der Waals surface area contributed by atoms with E-state index in [1.807, 2.05) is 48.5 Å². The van der Waals surface area contributed by atoms with Crippen molar-refractivity contribution in [2.24, 2.45) is 0 Å². The second-order valence-corrected chi connectivity index (χ2v) is 4.97. The third-order valence-corrected chi connectivity index (χ3v) is 3.51. The summed E-state index contributed by atoms with van der Waals surface area (Å²) in [6, 6.07) is 17.8. The molecule has 0 N–H and O–H groups in total. The van der Waals surface area contributed by atoms with Crippen LogP contribution in [0.25, 0.3) is 0 Å². The van der Waals surface area contributed by atoms with Crippen LogP contribution in [0.3, 0.4) is 0 Å². The largest absolute Gasteiger partial charge is 0.303 e. The Balaban J connectivity index is 1.87. The van der Waals surface area contributed by atoms with Crippen molar-refractivity contribution in [3.63, 3.8) is 0 Å². The summed E-state index contributed by atoms with van der Waals surface area (Å²) in [6.45, 7) is 2.06. The van der Waals surface area contributed by atoms with Gasteiger partial charge in [0.2, 0.25) is 0 Å². The van der Waals surface area contributed by atoms with E-state index in [0.29, 0.717) is 0 Å². The zero-order valence-corrected chi connectivity index (χ0v) is 11.3. The topological polar surface area (TPSA) is 20.3 Å². The number of hydrogen-bond donors (Lipinski definition) is 0. The van der Waals surface area contributed by atoms with Gasteiger partial charge < -0.3 is 0 Å². The molecule has 0 fully saturated rings. The first-order valence-corrected chi connectivity index (χ1v) is 6.74. The Morgan fingerprint density at radius 3 is 2.60 bits per heavy atom. The van der Waals surface area contributed by atoms with Crippen molar-refractivity contribution in [1.82, 2.24) is 0 Å². The van der Waals surface area contributed by atoms with E-state index in [4.69, 9.17) is 0 Å². The monoisotopic (exact) mass is 261 g/mol. The van der Waals surface area contributed by atoms with E-state index in [1.165, 1.54) is 5.56 Å². The molecule has 3 rings (SSSR count). The summed E-state index contributed by atoms with van der Waals surface area (Å²) in [6.07, 6.45) is 0.898. The molecule has 20 heavy (non-hydrogen) atoms. The highest BCUT2D eigenvalue weighted by Gasteiger charge is 2.29. The van der Waals surface area contributed by atoms with Gasteiger partial charge in [0.1, 0.15) is 0 Å². The predicted molar refractivity (Wildman–Crippen MR) is 80.4 cm³/mol. The van der Waals surface area contributed by atoms with Gasteiger partial charge in [0.15, 0.2) is 0 Å². The molecule has 0 saturated heterocycles. The van der Waals surface area contributed by atoms with Gasteiger partial charge in [-0.1, -0.05) is 42.3 Å². The van der Waals surface area contributed by atoms with E-state index < -0.39 is 0 Å². The molecule has 2 heteroatoms. The lowest BCUT2D eigenvalue weighted by Crippen LogP contribution is -2.34. The Hall–Kier alpha value is -2.53. The standard InChI is InChI=1S/C18H15NO/c1-14-13-16-9-5-6-10-17(16)19(14)18(20)12-11-15-7-3-2-4-8-15/h2-10,14H,13H2,1H3. The number of carbonyl (C=O) groups is 1. The number of carbonyl (C=O) groups excluding carboxylic acids is 1. The molecule has 0 radical (unpaired) electrons. The molecule has 0 saturated carbocycles. The van der Waals surface area contributed by atoms with Crippen molar-refractivity contribution in [3.05, 3.63) is 65.7 Å². The summed E-state index contributed by atoms with van der Waals surface area (Å²) in [7, 11) is 0. The molecular weight excluding hydrogens is 246 g/mol. The van der Waals surface area contributed by atoms with Gasteiger partial charge in [0, 0.05) is 23.2 Å². The van der Waals surface area contributed by atoms with Gasteiger partial charge in [-0.2, -0.15) is 0 Å². The number of benzene rings is 2. The van der Waals surface area contributed by atoms with E-state index in [-0.39, 0.29) is 11.9 Å². The average Bonchev–Trinajstić information content (AvgIpc) is 2.82. The van der Waals surface area contributed by atoms with Crippen molar-refractivity contribution in [1.29, 1.82) is 0 Å². The second-order valence-electron chi connectivity index (χ2n) is 4.97. The minimum absolute atomic E-state index is 0.133. The third kappa shape index (κ3) is 2.31. The quantitative estimate of drug-likeness (QED) is 0.668. The van der Waals surface area contributed by atoms with Crippen LogP contribution in [0.2, 0.25) is 0 Å². The maximum Gasteiger partial charge on any atom is 0.303 e. The van der Waals surface area contributed by atoms with Crippen molar-refractivity contribution < 1.29 is 4.79 Å². The normalized spacial score (nSPS) is 16.2. The van der Waals surface area contributed by atoms with Crippen LogP contribution in [-0.2, 0) is 11.2 Å². The van der Waals surface area contributed by atoms with Gasteiger partial charge in [0.25, 0.3) is 0 Å². The Kier molecular flexibility index (Phi) is 3.26. The highest BCUT2D eigenvalue weighted by molar-refractivity contribution is 6.07. The van der Waals surface area contributed by atoms with Gasteiger partial charge in [-0.05, 0) is 37.1 Å². The van der Waals surface area contributed by atoms with E-state index in [1.54, 1.807) is 4.90 Å². The number of fused-ring (bicyclic) bond motifs is 1. The Morgan fingerprint density at radius 2 is 1.80 bits per heavy atom. The molecule has 0 bridgehead atoms. The van der Waals surface area contributed by atoms with Gasteiger partial charge in [-0.3, -0.25) is 9.69 Å². The van der Waals surface area contributed by atoms with Crippen LogP contribution in [0.1, 0.15) is 18.1 Å². The molecule has 0 aliphatic carbocycles. The van der Waals surface area contributed by atoms with Crippen molar-refractivity contribution in [2.75, 3.05) is 4.90 Å². The first kappa shape index (κ1) is 12.5. The lowest BCUT2D eigenvalue weighted by atomic mass is 10.1. The molecule has 98 valence electrons. The number of amides is 1. The van der Waals surface area contributed by atoms with E-state index in [2.05, 4.69) is 24.8 Å². The van der Waals surface area contributed by atoms with E-state index in [0.717, 1.165) is 17.7 Å². The molecule has 1 unspecified atom stereocenters. The first-order chi connectivity index (χ1) is 9.75. The molecule has 1 atom stereocenters. The number of nitrogens with zero attached hydrogens (tertiary/aromatic N) is 1. The molecule has 2 aromatic carbocycles. The van der Waals surface area contributed by atoms with Crippen LogP contribution in [0.5, 0.6) is 0 Å². The lowest BCUT2D eigenvalue weighted by molar-refractivity contribution is -0.113. The summed E-state index contributed by atoms with van der Waals surface area (Å²) >= 11 is 0. The summed E-state index contributed by atoms with van der Waals surface area (Å²) < 4.78 is 0. The number of para-hydroxylation sites is 1. The molecule has 0 spiro atoms. The fourth-order valence-corrected chi connectivity index (χ4v) is 2.58. The Labute approximate surface area is 119 Å². The van der Waals surface area contributed by atoms with Gasteiger partial charge in [-0.25, -0.2) is 0 Å². The fourth-order valence-electron chi connectivity index (χ4n) is 2.58. The first-order valence-electron chi connectivity index (χ1n) is 6.74. The summed E-state index contributed by atoms with van der Waals surface area (Å²) in [4.78, 5) is 14.1. The molecular formula is C18H15NO. The van der Waals surface area contributed by atoms with Crippen molar-refractivity contribution in [3.8, 4) is 11.8 Å². The van der Waals surface area contributed by atoms with Crippen molar-refractivity contribution >= 4 is 11.6 Å². The Bertz CT molecular complexity index is 694. The molecule has 2 nitrogen and oxygen atoms in total. The molecule has 2 aromatic rings.